The molecule has 1 saturated heterocycles. The highest BCUT2D eigenvalue weighted by Crippen LogP contribution is 2.43. The summed E-state index contributed by atoms with van der Waals surface area (Å²) >= 11 is 0. The number of benzene rings is 2. The van der Waals surface area contributed by atoms with Gasteiger partial charge in [-0.1, -0.05) is 36.4 Å². The Hall–Kier alpha value is -3.21. The standard InChI is InChI=1S/C27H30N4O3/c1-27(34-3)22-11-9-18(14-23(22)31(2)26(27)33)17-6-4-16(5-7-17)12-21(15-28)30-25(32)24-19-8-10-20(13-19)29-24/h4-7,9,11,14,19-21,24,29H,8,10,12-13H2,1-3H3,(H,30,32)/t19-,20+,21?,24-,27?/m0/s1. The third kappa shape index (κ3) is 3.67. The third-order valence-electron chi connectivity index (χ3n) is 7.84. The molecule has 2 fully saturated rings. The minimum atomic E-state index is -0.962. The minimum Gasteiger partial charge on any atom is -0.364 e. The first-order chi connectivity index (χ1) is 16.3. The van der Waals surface area contributed by atoms with Crippen molar-refractivity contribution in [2.45, 2.75) is 56.3 Å². The second-order valence-electron chi connectivity index (χ2n) is 9.84. The molecule has 2 amide bonds. The Labute approximate surface area is 200 Å². The van der Waals surface area contributed by atoms with E-state index in [9.17, 15) is 14.9 Å². The summed E-state index contributed by atoms with van der Waals surface area (Å²) in [5.41, 5.74) is 3.74. The van der Waals surface area contributed by atoms with Crippen LogP contribution in [0.1, 0.15) is 37.3 Å². The Bertz CT molecular complexity index is 1170. The van der Waals surface area contributed by atoms with Gasteiger partial charge in [0, 0.05) is 32.2 Å². The van der Waals surface area contributed by atoms with Crippen LogP contribution in [0.4, 0.5) is 5.69 Å². The van der Waals surface area contributed by atoms with Gasteiger partial charge in [-0.25, -0.2) is 0 Å². The molecular formula is C27H30N4O3. The summed E-state index contributed by atoms with van der Waals surface area (Å²) in [5.74, 6) is 0.255. The summed E-state index contributed by atoms with van der Waals surface area (Å²) in [5, 5.41) is 15.9. The lowest BCUT2D eigenvalue weighted by atomic mass is 9.94. The molecule has 2 aromatic carbocycles. The van der Waals surface area contributed by atoms with E-state index in [1.807, 2.05) is 42.5 Å². The number of carbonyl (C=O) groups excluding carboxylic acids is 2. The van der Waals surface area contributed by atoms with E-state index in [0.29, 0.717) is 18.4 Å². The molecule has 7 heteroatoms. The fraction of sp³-hybridized carbons (Fsp3) is 0.444. The highest BCUT2D eigenvalue weighted by atomic mass is 16.5. The predicted molar refractivity (Wildman–Crippen MR) is 129 cm³/mol. The number of fused-ring (bicyclic) bond motifs is 3. The number of likely N-dealkylation sites (N-methyl/N-ethyl adjacent to an activating group) is 1. The van der Waals surface area contributed by atoms with Crippen LogP contribution in [-0.2, 0) is 26.3 Å². The van der Waals surface area contributed by atoms with Crippen molar-refractivity contribution in [1.82, 2.24) is 10.6 Å². The molecular weight excluding hydrogens is 428 g/mol. The maximum Gasteiger partial charge on any atom is 0.263 e. The van der Waals surface area contributed by atoms with E-state index in [4.69, 9.17) is 4.74 Å². The molecule has 2 aromatic rings. The van der Waals surface area contributed by atoms with Crippen LogP contribution < -0.4 is 15.5 Å². The van der Waals surface area contributed by atoms with E-state index in [2.05, 4.69) is 16.7 Å². The Kier molecular flexibility index (Phi) is 5.67. The zero-order chi connectivity index (χ0) is 24.0. The van der Waals surface area contributed by atoms with Crippen LogP contribution in [0.15, 0.2) is 42.5 Å². The van der Waals surface area contributed by atoms with Gasteiger partial charge in [0.25, 0.3) is 5.91 Å². The van der Waals surface area contributed by atoms with Crippen LogP contribution in [0.2, 0.25) is 0 Å². The highest BCUT2D eigenvalue weighted by molar-refractivity contribution is 6.07. The van der Waals surface area contributed by atoms with Gasteiger partial charge in [-0.2, -0.15) is 5.26 Å². The first-order valence-corrected chi connectivity index (χ1v) is 11.9. The zero-order valence-electron chi connectivity index (χ0n) is 19.8. The van der Waals surface area contributed by atoms with Crippen LogP contribution in [0.5, 0.6) is 0 Å². The number of ether oxygens (including phenoxy) is 1. The summed E-state index contributed by atoms with van der Waals surface area (Å²) in [6.07, 6.45) is 3.75. The van der Waals surface area contributed by atoms with Crippen molar-refractivity contribution in [3.8, 4) is 17.2 Å². The number of anilines is 1. The van der Waals surface area contributed by atoms with E-state index < -0.39 is 11.6 Å². The van der Waals surface area contributed by atoms with Crippen LogP contribution in [0, 0.1) is 17.2 Å². The molecule has 176 valence electrons. The smallest absolute Gasteiger partial charge is 0.263 e. The molecule has 3 aliphatic rings. The van der Waals surface area contributed by atoms with Crippen molar-refractivity contribution >= 4 is 17.5 Å². The van der Waals surface area contributed by atoms with Gasteiger partial charge in [0.05, 0.1) is 17.8 Å². The van der Waals surface area contributed by atoms with E-state index in [-0.39, 0.29) is 17.9 Å². The molecule has 2 unspecified atom stereocenters. The summed E-state index contributed by atoms with van der Waals surface area (Å²) in [6, 6.07) is 15.9. The molecule has 0 aromatic heterocycles. The van der Waals surface area contributed by atoms with Crippen molar-refractivity contribution in [3.63, 3.8) is 0 Å². The molecule has 0 spiro atoms. The molecule has 0 radical (unpaired) electrons. The number of methoxy groups -OCH3 is 1. The SMILES string of the molecule is COC1(C)C(=O)N(C)c2cc(-c3ccc(CC(C#N)NC(=O)[C@H]4N[C@@H]5CC[C@H]4C5)cc3)ccc21. The molecule has 2 aliphatic heterocycles. The number of amides is 2. The average molecular weight is 459 g/mol. The highest BCUT2D eigenvalue weighted by Gasteiger charge is 2.46. The Morgan fingerprint density at radius 3 is 2.62 bits per heavy atom. The Balaban J connectivity index is 1.27. The molecule has 1 saturated carbocycles. The fourth-order valence-electron chi connectivity index (χ4n) is 5.74. The third-order valence-corrected chi connectivity index (χ3v) is 7.84. The minimum absolute atomic E-state index is 0.0600. The second-order valence-corrected chi connectivity index (χ2v) is 9.84. The largest absolute Gasteiger partial charge is 0.364 e. The fourth-order valence-corrected chi connectivity index (χ4v) is 5.74. The number of carbonyl (C=O) groups is 2. The molecule has 5 atom stereocenters. The first kappa shape index (κ1) is 22.6. The van der Waals surface area contributed by atoms with Crippen molar-refractivity contribution in [2.24, 2.45) is 5.92 Å². The predicted octanol–water partition coefficient (Wildman–Crippen LogP) is 2.88. The zero-order valence-corrected chi connectivity index (χ0v) is 19.8. The lowest BCUT2D eigenvalue weighted by Crippen LogP contribution is -2.50. The lowest BCUT2D eigenvalue weighted by Gasteiger charge is -2.23. The molecule has 2 bridgehead atoms. The number of hydrogen-bond donors (Lipinski definition) is 2. The van der Waals surface area contributed by atoms with Gasteiger partial charge in [-0.15, -0.1) is 0 Å². The normalized spacial score (nSPS) is 28.0. The van der Waals surface area contributed by atoms with Gasteiger partial charge >= 0.3 is 0 Å². The lowest BCUT2D eigenvalue weighted by molar-refractivity contribution is -0.137. The van der Waals surface area contributed by atoms with Gasteiger partial charge in [0.15, 0.2) is 5.60 Å². The van der Waals surface area contributed by atoms with Crippen molar-refractivity contribution in [2.75, 3.05) is 19.1 Å². The molecule has 5 rings (SSSR count). The monoisotopic (exact) mass is 458 g/mol. The van der Waals surface area contributed by atoms with E-state index >= 15 is 0 Å². The second kappa shape index (κ2) is 8.53. The van der Waals surface area contributed by atoms with Crippen molar-refractivity contribution < 1.29 is 14.3 Å². The average Bonchev–Trinajstić information content (AvgIpc) is 3.55. The van der Waals surface area contributed by atoms with Crippen LogP contribution in [0.25, 0.3) is 11.1 Å². The van der Waals surface area contributed by atoms with Crippen molar-refractivity contribution in [1.29, 1.82) is 5.26 Å². The maximum atomic E-state index is 12.7. The van der Waals surface area contributed by atoms with E-state index in [1.165, 1.54) is 0 Å². The number of nitrogens with zero attached hydrogens (tertiary/aromatic N) is 2. The van der Waals surface area contributed by atoms with Crippen LogP contribution >= 0.6 is 0 Å². The summed E-state index contributed by atoms with van der Waals surface area (Å²) in [6.45, 7) is 1.80. The molecule has 2 N–H and O–H groups in total. The molecule has 34 heavy (non-hydrogen) atoms. The molecule has 2 heterocycles. The van der Waals surface area contributed by atoms with Crippen molar-refractivity contribution in [3.05, 3.63) is 53.6 Å². The van der Waals surface area contributed by atoms with Gasteiger partial charge in [-0.05, 0) is 54.9 Å². The van der Waals surface area contributed by atoms with Gasteiger partial charge < -0.3 is 20.3 Å². The molecule has 7 nitrogen and oxygen atoms in total. The number of nitrogens with one attached hydrogen (secondary N) is 2. The number of nitriles is 1. The number of hydrogen-bond acceptors (Lipinski definition) is 5. The van der Waals surface area contributed by atoms with E-state index in [1.54, 1.807) is 26.0 Å². The maximum absolute atomic E-state index is 12.7. The first-order valence-electron chi connectivity index (χ1n) is 11.9. The van der Waals surface area contributed by atoms with Crippen LogP contribution in [0.3, 0.4) is 0 Å². The van der Waals surface area contributed by atoms with Crippen LogP contribution in [-0.4, -0.2) is 44.1 Å². The quantitative estimate of drug-likeness (QED) is 0.694. The van der Waals surface area contributed by atoms with Gasteiger partial charge in [0.1, 0.15) is 6.04 Å². The Morgan fingerprint density at radius 1 is 1.26 bits per heavy atom. The topological polar surface area (TPSA) is 94.5 Å². The van der Waals surface area contributed by atoms with E-state index in [0.717, 1.165) is 47.2 Å². The Morgan fingerprint density at radius 2 is 2.00 bits per heavy atom. The number of piperidine rings is 1. The number of rotatable bonds is 6. The summed E-state index contributed by atoms with van der Waals surface area (Å²) in [4.78, 5) is 27.0. The molecule has 1 aliphatic carbocycles. The van der Waals surface area contributed by atoms with Gasteiger partial charge in [0.2, 0.25) is 5.91 Å². The summed E-state index contributed by atoms with van der Waals surface area (Å²) in [7, 11) is 3.32. The summed E-state index contributed by atoms with van der Waals surface area (Å²) < 4.78 is 5.54. The van der Waals surface area contributed by atoms with Gasteiger partial charge in [-0.3, -0.25) is 9.59 Å².